The van der Waals surface area contributed by atoms with Gasteiger partial charge in [0.2, 0.25) is 0 Å². The zero-order chi connectivity index (χ0) is 12.8. The largest absolute Gasteiger partial charge is 0.313 e. The molecule has 1 aliphatic rings. The lowest BCUT2D eigenvalue weighted by molar-refractivity contribution is 0.394. The van der Waals surface area contributed by atoms with Gasteiger partial charge in [-0.1, -0.05) is 54.6 Å². The number of hydrogen-bond donors (Lipinski definition) is 1. The Balaban J connectivity index is 1.84. The first-order chi connectivity index (χ1) is 8.83. The van der Waals surface area contributed by atoms with Gasteiger partial charge in [-0.15, -0.1) is 10.2 Å². The predicted octanol–water partition coefficient (Wildman–Crippen LogP) is 3.52. The minimum absolute atomic E-state index is 0.643. The highest BCUT2D eigenvalue weighted by Gasteiger charge is 2.24. The van der Waals surface area contributed by atoms with Crippen molar-refractivity contribution in [2.24, 2.45) is 5.92 Å². The van der Waals surface area contributed by atoms with Crippen molar-refractivity contribution < 1.29 is 0 Å². The third kappa shape index (κ3) is 4.11. The molecule has 1 heterocycles. The van der Waals surface area contributed by atoms with Crippen LogP contribution >= 0.6 is 34.9 Å². The third-order valence-electron chi connectivity index (χ3n) is 3.38. The van der Waals surface area contributed by atoms with Gasteiger partial charge >= 0.3 is 0 Å². The summed E-state index contributed by atoms with van der Waals surface area (Å²) in [6.45, 7) is 3.26. The molecule has 6 heteroatoms. The lowest BCUT2D eigenvalue weighted by atomic mass is 10.00. The molecule has 1 unspecified atom stereocenters. The van der Waals surface area contributed by atoms with Crippen molar-refractivity contribution in [1.82, 2.24) is 15.5 Å². The summed E-state index contributed by atoms with van der Waals surface area (Å²) in [6.07, 6.45) is 7.66. The highest BCUT2D eigenvalue weighted by Crippen LogP contribution is 2.32. The summed E-state index contributed by atoms with van der Waals surface area (Å²) in [5.74, 6) is 1.99. The van der Waals surface area contributed by atoms with E-state index in [4.69, 9.17) is 0 Å². The molecular formula is C12H21N3S3. The molecule has 0 radical (unpaired) electrons. The van der Waals surface area contributed by atoms with Crippen LogP contribution in [-0.2, 0) is 0 Å². The Labute approximate surface area is 122 Å². The number of thioether (sulfide) groups is 2. The van der Waals surface area contributed by atoms with Crippen LogP contribution in [0.3, 0.4) is 0 Å². The molecule has 2 rings (SSSR count). The summed E-state index contributed by atoms with van der Waals surface area (Å²) in [4.78, 5) is 0. The molecule has 1 atom stereocenters. The van der Waals surface area contributed by atoms with E-state index >= 15 is 0 Å². The summed E-state index contributed by atoms with van der Waals surface area (Å²) in [6, 6.07) is 0.643. The zero-order valence-electron chi connectivity index (χ0n) is 11.0. The topological polar surface area (TPSA) is 37.8 Å². The molecule has 102 valence electrons. The molecule has 1 aromatic rings. The van der Waals surface area contributed by atoms with Gasteiger partial charge in [0.05, 0.1) is 0 Å². The van der Waals surface area contributed by atoms with E-state index in [1.165, 1.54) is 25.7 Å². The summed E-state index contributed by atoms with van der Waals surface area (Å²) >= 11 is 5.25. The van der Waals surface area contributed by atoms with E-state index in [0.29, 0.717) is 6.04 Å². The second-order valence-corrected chi connectivity index (χ2v) is 7.86. The maximum absolute atomic E-state index is 4.23. The highest BCUT2D eigenvalue weighted by molar-refractivity contribution is 8.03. The van der Waals surface area contributed by atoms with Crippen molar-refractivity contribution in [2.45, 2.75) is 47.3 Å². The molecular weight excluding hydrogens is 282 g/mol. The highest BCUT2D eigenvalue weighted by atomic mass is 32.2. The van der Waals surface area contributed by atoms with Gasteiger partial charge in [-0.05, 0) is 31.6 Å². The predicted molar refractivity (Wildman–Crippen MR) is 81.8 cm³/mol. The second-order valence-electron chi connectivity index (χ2n) is 4.56. The average molecular weight is 304 g/mol. The zero-order valence-corrected chi connectivity index (χ0v) is 13.5. The van der Waals surface area contributed by atoms with Crippen molar-refractivity contribution >= 4 is 34.9 Å². The Morgan fingerprint density at radius 2 is 2.06 bits per heavy atom. The smallest absolute Gasteiger partial charge is 0.175 e. The SMILES string of the molecule is CCNC(CSc1nnc(SC)s1)C1CCCC1. The molecule has 1 aromatic heterocycles. The molecule has 3 nitrogen and oxygen atoms in total. The molecule has 0 aliphatic heterocycles. The monoisotopic (exact) mass is 303 g/mol. The maximum Gasteiger partial charge on any atom is 0.175 e. The van der Waals surface area contributed by atoms with Gasteiger partial charge in [0.15, 0.2) is 8.68 Å². The van der Waals surface area contributed by atoms with Gasteiger partial charge in [0.25, 0.3) is 0 Å². The van der Waals surface area contributed by atoms with Crippen LogP contribution in [0.5, 0.6) is 0 Å². The fourth-order valence-corrected chi connectivity index (χ4v) is 5.13. The van der Waals surface area contributed by atoms with E-state index in [0.717, 1.165) is 26.9 Å². The first-order valence-electron chi connectivity index (χ1n) is 6.57. The van der Waals surface area contributed by atoms with Crippen molar-refractivity contribution in [2.75, 3.05) is 18.6 Å². The fraction of sp³-hybridized carbons (Fsp3) is 0.833. The standard InChI is InChI=1S/C12H21N3S3/c1-3-13-10(9-6-4-5-7-9)8-17-12-15-14-11(16-2)18-12/h9-10,13H,3-8H2,1-2H3. The fourth-order valence-electron chi connectivity index (χ4n) is 2.48. The van der Waals surface area contributed by atoms with Gasteiger partial charge in [-0.25, -0.2) is 0 Å². The Morgan fingerprint density at radius 1 is 1.33 bits per heavy atom. The molecule has 0 bridgehead atoms. The minimum atomic E-state index is 0.643. The number of rotatable bonds is 7. The Kier molecular flexibility index (Phi) is 6.28. The minimum Gasteiger partial charge on any atom is -0.313 e. The molecule has 0 spiro atoms. The molecule has 0 saturated heterocycles. The van der Waals surface area contributed by atoms with E-state index in [2.05, 4.69) is 28.7 Å². The normalized spacial score (nSPS) is 18.3. The van der Waals surface area contributed by atoms with Gasteiger partial charge in [0.1, 0.15) is 0 Å². The van der Waals surface area contributed by atoms with E-state index < -0.39 is 0 Å². The van der Waals surface area contributed by atoms with Crippen LogP contribution in [0.25, 0.3) is 0 Å². The van der Waals surface area contributed by atoms with Gasteiger partial charge in [-0.2, -0.15) is 0 Å². The molecule has 0 aromatic carbocycles. The van der Waals surface area contributed by atoms with Gasteiger partial charge < -0.3 is 5.32 Å². The molecule has 0 amide bonds. The first kappa shape index (κ1) is 14.6. The quantitative estimate of drug-likeness (QED) is 0.780. The van der Waals surface area contributed by atoms with Crippen LogP contribution in [0.1, 0.15) is 32.6 Å². The molecule has 1 aliphatic carbocycles. The Hall–Kier alpha value is 0.220. The van der Waals surface area contributed by atoms with Crippen molar-refractivity contribution in [1.29, 1.82) is 0 Å². The summed E-state index contributed by atoms with van der Waals surface area (Å²) in [7, 11) is 0. The second kappa shape index (κ2) is 7.72. The summed E-state index contributed by atoms with van der Waals surface area (Å²) in [5, 5.41) is 12.0. The number of aromatic nitrogens is 2. The van der Waals surface area contributed by atoms with E-state index in [9.17, 15) is 0 Å². The van der Waals surface area contributed by atoms with E-state index in [1.54, 1.807) is 23.1 Å². The Bertz CT molecular complexity index is 350. The Morgan fingerprint density at radius 3 is 2.67 bits per heavy atom. The van der Waals surface area contributed by atoms with Crippen LogP contribution in [0.2, 0.25) is 0 Å². The lowest BCUT2D eigenvalue weighted by Crippen LogP contribution is -2.37. The van der Waals surface area contributed by atoms with Gasteiger partial charge in [-0.3, -0.25) is 0 Å². The lowest BCUT2D eigenvalue weighted by Gasteiger charge is -2.23. The number of nitrogens with zero attached hydrogens (tertiary/aromatic N) is 2. The number of hydrogen-bond acceptors (Lipinski definition) is 6. The third-order valence-corrected chi connectivity index (χ3v) is 6.54. The first-order valence-corrected chi connectivity index (χ1v) is 9.59. The number of nitrogens with one attached hydrogen (secondary N) is 1. The van der Waals surface area contributed by atoms with Gasteiger partial charge in [0, 0.05) is 11.8 Å². The van der Waals surface area contributed by atoms with E-state index in [1.807, 2.05) is 11.8 Å². The molecule has 1 saturated carbocycles. The maximum atomic E-state index is 4.23. The van der Waals surface area contributed by atoms with Crippen LogP contribution in [0, 0.1) is 5.92 Å². The summed E-state index contributed by atoms with van der Waals surface area (Å²) in [5.41, 5.74) is 0. The molecule has 18 heavy (non-hydrogen) atoms. The van der Waals surface area contributed by atoms with Crippen LogP contribution < -0.4 is 5.32 Å². The van der Waals surface area contributed by atoms with Crippen LogP contribution in [0.4, 0.5) is 0 Å². The molecule has 1 fully saturated rings. The van der Waals surface area contributed by atoms with Crippen molar-refractivity contribution in [3.63, 3.8) is 0 Å². The average Bonchev–Trinajstić information content (AvgIpc) is 3.05. The van der Waals surface area contributed by atoms with Crippen molar-refractivity contribution in [3.8, 4) is 0 Å². The van der Waals surface area contributed by atoms with Crippen molar-refractivity contribution in [3.05, 3.63) is 0 Å². The van der Waals surface area contributed by atoms with Crippen LogP contribution in [0.15, 0.2) is 8.68 Å². The van der Waals surface area contributed by atoms with Crippen LogP contribution in [-0.4, -0.2) is 34.8 Å². The molecule has 1 N–H and O–H groups in total. The van der Waals surface area contributed by atoms with E-state index in [-0.39, 0.29) is 0 Å². The summed E-state index contributed by atoms with van der Waals surface area (Å²) < 4.78 is 2.18.